The molecule has 0 aliphatic rings. The lowest BCUT2D eigenvalue weighted by molar-refractivity contribution is -0.870. The summed E-state index contributed by atoms with van der Waals surface area (Å²) in [5.74, 6) is -0.160. The van der Waals surface area contributed by atoms with Crippen LogP contribution in [0.1, 0.15) is 361 Å². The molecule has 0 bridgehead atoms. The maximum atomic E-state index is 13.0. The van der Waals surface area contributed by atoms with Gasteiger partial charge in [0.05, 0.1) is 39.9 Å². The highest BCUT2D eigenvalue weighted by molar-refractivity contribution is 7.45. The minimum atomic E-state index is -4.58. The molecule has 0 fully saturated rings. The molecule has 0 saturated carbocycles. The fourth-order valence-electron chi connectivity index (χ4n) is 10.7. The average Bonchev–Trinajstić information content (AvgIpc) is 3.38. The lowest BCUT2D eigenvalue weighted by Crippen LogP contribution is -2.46. The number of allylic oxidation sites excluding steroid dienone is 2. The lowest BCUT2D eigenvalue weighted by Gasteiger charge is -2.30. The number of likely N-dealkylation sites (N-methyl/N-ethyl adjacent to an activating group) is 1. The van der Waals surface area contributed by atoms with Crippen LogP contribution in [0.15, 0.2) is 12.2 Å². The Labute approximate surface area is 475 Å². The predicted octanol–water partition coefficient (Wildman–Crippen LogP) is 20.7. The van der Waals surface area contributed by atoms with Gasteiger partial charge in [0.15, 0.2) is 0 Å². The molecule has 9 heteroatoms. The highest BCUT2D eigenvalue weighted by Crippen LogP contribution is 2.38. The third-order valence-corrected chi connectivity index (χ3v) is 17.0. The third kappa shape index (κ3) is 60.9. The zero-order chi connectivity index (χ0) is 55.6. The molecule has 0 aromatic heterocycles. The highest BCUT2D eigenvalue weighted by atomic mass is 31.2. The smallest absolute Gasteiger partial charge is 0.268 e. The van der Waals surface area contributed by atoms with Gasteiger partial charge in [0.25, 0.3) is 7.82 Å². The first kappa shape index (κ1) is 75.2. The van der Waals surface area contributed by atoms with E-state index in [4.69, 9.17) is 9.05 Å². The molecule has 0 rings (SSSR count). The predicted molar refractivity (Wildman–Crippen MR) is 330 cm³/mol. The van der Waals surface area contributed by atoms with Gasteiger partial charge in [-0.15, -0.1) is 0 Å². The van der Waals surface area contributed by atoms with E-state index in [1.165, 1.54) is 295 Å². The van der Waals surface area contributed by atoms with E-state index < -0.39 is 20.0 Å². The molecule has 0 radical (unpaired) electrons. The number of nitrogens with zero attached hydrogens (tertiary/aromatic N) is 1. The van der Waals surface area contributed by atoms with E-state index in [0.717, 1.165) is 38.5 Å². The van der Waals surface area contributed by atoms with Crippen LogP contribution >= 0.6 is 7.82 Å². The summed E-state index contributed by atoms with van der Waals surface area (Å²) in [4.78, 5) is 25.6. The first-order valence-corrected chi connectivity index (χ1v) is 35.5. The monoisotopic (exact) mass is 1100 g/mol. The van der Waals surface area contributed by atoms with Crippen molar-refractivity contribution in [3.05, 3.63) is 12.2 Å². The van der Waals surface area contributed by atoms with Gasteiger partial charge in [-0.1, -0.05) is 328 Å². The van der Waals surface area contributed by atoms with Crippen molar-refractivity contribution in [3.8, 4) is 0 Å². The van der Waals surface area contributed by atoms with Gasteiger partial charge in [-0.05, 0) is 38.5 Å². The van der Waals surface area contributed by atoms with Crippen molar-refractivity contribution in [3.63, 3.8) is 0 Å². The number of phosphoric ester groups is 1. The van der Waals surface area contributed by atoms with Gasteiger partial charge in [0.2, 0.25) is 5.91 Å². The number of amides is 1. The Hall–Kier alpha value is -0.760. The quantitative estimate of drug-likeness (QED) is 0.0272. The van der Waals surface area contributed by atoms with Crippen molar-refractivity contribution in [1.29, 1.82) is 0 Å². The fourth-order valence-corrected chi connectivity index (χ4v) is 11.4. The van der Waals surface area contributed by atoms with Crippen molar-refractivity contribution in [2.45, 2.75) is 373 Å². The summed E-state index contributed by atoms with van der Waals surface area (Å²) < 4.78 is 23.5. The molecule has 1 amide bonds. The number of aliphatic hydroxyl groups is 1. The molecule has 454 valence electrons. The Kier molecular flexibility index (Phi) is 58.3. The minimum Gasteiger partial charge on any atom is -0.756 e. The second-order valence-corrected chi connectivity index (χ2v) is 26.3. The van der Waals surface area contributed by atoms with E-state index in [1.807, 2.05) is 21.1 Å². The summed E-state index contributed by atoms with van der Waals surface area (Å²) in [5, 5.41) is 14.1. The van der Waals surface area contributed by atoms with Crippen LogP contribution in [0, 0.1) is 0 Å². The molecule has 3 atom stereocenters. The van der Waals surface area contributed by atoms with Crippen molar-refractivity contribution in [1.82, 2.24) is 5.32 Å². The van der Waals surface area contributed by atoms with E-state index in [9.17, 15) is 19.4 Å². The summed E-state index contributed by atoms with van der Waals surface area (Å²) in [7, 11) is 1.32. The number of carbonyl (C=O) groups excluding carboxylic acids is 1. The minimum absolute atomic E-state index is 0.0145. The molecule has 0 spiro atoms. The molecule has 8 nitrogen and oxygen atoms in total. The number of rotatable bonds is 64. The Morgan fingerprint density at radius 2 is 0.724 bits per heavy atom. The topological polar surface area (TPSA) is 108 Å². The SMILES string of the molecule is CCCCCCCCCC/C=C\CCCCCCCCCCCC(=O)NC(COP(=O)([O-])OCC[N+](C)(C)C)C(O)CCCCCCCCCCCCCCCCCCCCCCCCCCCCCCCCCCC. The van der Waals surface area contributed by atoms with Crippen molar-refractivity contribution in [2.24, 2.45) is 0 Å². The molecule has 3 unspecified atom stereocenters. The van der Waals surface area contributed by atoms with Crippen LogP contribution in [0.3, 0.4) is 0 Å². The summed E-state index contributed by atoms with van der Waals surface area (Å²) in [5.41, 5.74) is 0. The average molecular weight is 1100 g/mol. The van der Waals surface area contributed by atoms with E-state index in [1.54, 1.807) is 0 Å². The molecular formula is C67H135N2O6P. The summed E-state index contributed by atoms with van der Waals surface area (Å²) >= 11 is 0. The number of nitrogens with one attached hydrogen (secondary N) is 1. The largest absolute Gasteiger partial charge is 0.756 e. The van der Waals surface area contributed by atoms with Crippen LogP contribution in [-0.4, -0.2) is 68.5 Å². The molecule has 0 aromatic carbocycles. The number of phosphoric acid groups is 1. The van der Waals surface area contributed by atoms with Crippen molar-refractivity contribution < 1.29 is 32.9 Å². The Morgan fingerprint density at radius 3 is 1.03 bits per heavy atom. The van der Waals surface area contributed by atoms with Gasteiger partial charge in [-0.2, -0.15) is 0 Å². The molecule has 0 saturated heterocycles. The summed E-state index contributed by atoms with van der Waals surface area (Å²) in [6, 6.07) is -0.800. The standard InChI is InChI=1S/C67H135N2O6P/c1-6-8-10-12-14-16-18-20-22-24-26-28-29-30-31-32-33-34-35-36-37-38-39-41-42-44-46-48-50-52-54-56-58-60-66(70)65(64-75-76(72,73)74-63-62-69(3,4)5)68-67(71)61-59-57-55-53-51-49-47-45-43-40-27-25-23-21-19-17-15-13-11-9-7-2/h25,27,65-66,70H,6-24,26,28-64H2,1-5H3,(H-,68,71,72,73)/b27-25-. The first-order valence-electron chi connectivity index (χ1n) is 34.0. The van der Waals surface area contributed by atoms with Gasteiger partial charge in [0, 0.05) is 6.42 Å². The molecule has 76 heavy (non-hydrogen) atoms. The number of aliphatic hydroxyl groups excluding tert-OH is 1. The molecule has 0 aliphatic carbocycles. The second kappa shape index (κ2) is 58.9. The van der Waals surface area contributed by atoms with Crippen molar-refractivity contribution in [2.75, 3.05) is 40.9 Å². The van der Waals surface area contributed by atoms with Crippen LogP contribution in [0.2, 0.25) is 0 Å². The maximum Gasteiger partial charge on any atom is 0.268 e. The van der Waals surface area contributed by atoms with Gasteiger partial charge < -0.3 is 28.8 Å². The number of hydrogen-bond acceptors (Lipinski definition) is 6. The van der Waals surface area contributed by atoms with E-state index in [-0.39, 0.29) is 19.1 Å². The molecule has 0 heterocycles. The van der Waals surface area contributed by atoms with Crippen LogP contribution < -0.4 is 10.2 Å². The Balaban J connectivity index is 3.98. The highest BCUT2D eigenvalue weighted by Gasteiger charge is 2.24. The number of hydrogen-bond donors (Lipinski definition) is 2. The zero-order valence-electron chi connectivity index (χ0n) is 52.0. The van der Waals surface area contributed by atoms with Crippen LogP contribution in [-0.2, 0) is 18.4 Å². The van der Waals surface area contributed by atoms with E-state index in [0.29, 0.717) is 23.9 Å². The molecule has 0 aromatic rings. The van der Waals surface area contributed by atoms with Gasteiger partial charge in [0.1, 0.15) is 13.2 Å². The van der Waals surface area contributed by atoms with E-state index in [2.05, 4.69) is 31.3 Å². The van der Waals surface area contributed by atoms with Gasteiger partial charge >= 0.3 is 0 Å². The Bertz CT molecular complexity index is 1240. The molecule has 0 aliphatic heterocycles. The Morgan fingerprint density at radius 1 is 0.447 bits per heavy atom. The van der Waals surface area contributed by atoms with Crippen LogP contribution in [0.5, 0.6) is 0 Å². The summed E-state index contributed by atoms with van der Waals surface area (Å²) in [6.07, 6.45) is 74.3. The van der Waals surface area contributed by atoms with E-state index >= 15 is 0 Å². The third-order valence-electron chi connectivity index (χ3n) is 16.0. The van der Waals surface area contributed by atoms with Gasteiger partial charge in [-0.25, -0.2) is 0 Å². The van der Waals surface area contributed by atoms with Crippen LogP contribution in [0.4, 0.5) is 0 Å². The number of carbonyl (C=O) groups is 1. The summed E-state index contributed by atoms with van der Waals surface area (Å²) in [6.45, 7) is 4.78. The molecule has 2 N–H and O–H groups in total. The zero-order valence-corrected chi connectivity index (χ0v) is 52.9. The lowest BCUT2D eigenvalue weighted by atomic mass is 10.0. The van der Waals surface area contributed by atoms with Crippen LogP contribution in [0.25, 0.3) is 0 Å². The first-order chi connectivity index (χ1) is 37.0. The number of quaternary nitrogens is 1. The second-order valence-electron chi connectivity index (χ2n) is 24.9. The van der Waals surface area contributed by atoms with Crippen molar-refractivity contribution >= 4 is 13.7 Å². The number of unbranched alkanes of at least 4 members (excludes halogenated alkanes) is 49. The normalized spacial score (nSPS) is 13.7. The fraction of sp³-hybridized carbons (Fsp3) is 0.955. The molecular weight excluding hydrogens is 960 g/mol. The van der Waals surface area contributed by atoms with Gasteiger partial charge in [-0.3, -0.25) is 9.36 Å². The maximum absolute atomic E-state index is 13.0.